The van der Waals surface area contributed by atoms with Gasteiger partial charge < -0.3 is 9.84 Å². The van der Waals surface area contributed by atoms with Gasteiger partial charge in [0.1, 0.15) is 0 Å². The molecule has 0 radical (unpaired) electrons. The van der Waals surface area contributed by atoms with Crippen LogP contribution in [0.2, 0.25) is 0 Å². The molecule has 0 unspecified atom stereocenters. The highest BCUT2D eigenvalue weighted by Gasteiger charge is 2.29. The van der Waals surface area contributed by atoms with Crippen LogP contribution in [0.15, 0.2) is 28.8 Å². The summed E-state index contributed by atoms with van der Waals surface area (Å²) in [5.41, 5.74) is 0.155. The smallest absolute Gasteiger partial charge is 0.339 e. The van der Waals surface area contributed by atoms with Gasteiger partial charge in [0.15, 0.2) is 5.82 Å². The van der Waals surface area contributed by atoms with Gasteiger partial charge in [0.05, 0.1) is 5.56 Å². The summed E-state index contributed by atoms with van der Waals surface area (Å²) in [6.07, 6.45) is -3.71. The first-order chi connectivity index (χ1) is 9.45. The fraction of sp³-hybridized carbons (Fsp3) is 0.385. The summed E-state index contributed by atoms with van der Waals surface area (Å²) >= 11 is 0. The molecule has 0 amide bonds. The Balaban J connectivity index is 1.77. The maximum atomic E-state index is 12.4. The molecular formula is C13H14F3N3O. The van der Waals surface area contributed by atoms with Crippen molar-refractivity contribution >= 4 is 0 Å². The van der Waals surface area contributed by atoms with Crippen LogP contribution in [-0.2, 0) is 19.1 Å². The van der Waals surface area contributed by atoms with Gasteiger partial charge in [-0.3, -0.25) is 0 Å². The summed E-state index contributed by atoms with van der Waals surface area (Å²) < 4.78 is 42.1. The van der Waals surface area contributed by atoms with Crippen LogP contribution in [0.5, 0.6) is 0 Å². The molecule has 0 saturated carbocycles. The predicted octanol–water partition coefficient (Wildman–Crippen LogP) is 2.73. The van der Waals surface area contributed by atoms with Crippen LogP contribution in [0.25, 0.3) is 0 Å². The zero-order valence-corrected chi connectivity index (χ0v) is 10.9. The number of aromatic nitrogens is 2. The molecule has 0 fully saturated rings. The highest BCUT2D eigenvalue weighted by atomic mass is 19.4. The van der Waals surface area contributed by atoms with Gasteiger partial charge in [0.25, 0.3) is 0 Å². The molecule has 4 nitrogen and oxygen atoms in total. The van der Waals surface area contributed by atoms with Gasteiger partial charge in [-0.05, 0) is 24.6 Å². The normalized spacial score (nSPS) is 11.8. The minimum absolute atomic E-state index is 0.491. The van der Waals surface area contributed by atoms with Crippen LogP contribution in [0, 0.1) is 6.92 Å². The molecule has 1 heterocycles. The maximum absolute atomic E-state index is 12.4. The molecule has 0 aliphatic heterocycles. The minimum atomic E-state index is -4.29. The van der Waals surface area contributed by atoms with E-state index in [9.17, 15) is 13.2 Å². The van der Waals surface area contributed by atoms with Gasteiger partial charge in [0.2, 0.25) is 5.89 Å². The first-order valence-electron chi connectivity index (χ1n) is 6.11. The second-order valence-electron chi connectivity index (χ2n) is 4.36. The SMILES string of the molecule is Cc1noc(CCNCc2ccc(C(F)(F)F)cc2)n1. The fourth-order valence-corrected chi connectivity index (χ4v) is 1.68. The lowest BCUT2D eigenvalue weighted by molar-refractivity contribution is -0.137. The van der Waals surface area contributed by atoms with E-state index >= 15 is 0 Å². The third kappa shape index (κ3) is 4.06. The Hall–Kier alpha value is -1.89. The fourth-order valence-electron chi connectivity index (χ4n) is 1.68. The molecule has 0 bridgehead atoms. The number of nitrogens with one attached hydrogen (secondary N) is 1. The molecule has 108 valence electrons. The van der Waals surface area contributed by atoms with Crippen LogP contribution in [0.4, 0.5) is 13.2 Å². The van der Waals surface area contributed by atoms with Gasteiger partial charge >= 0.3 is 6.18 Å². The van der Waals surface area contributed by atoms with Crippen molar-refractivity contribution in [1.29, 1.82) is 0 Å². The first-order valence-corrected chi connectivity index (χ1v) is 6.11. The molecule has 0 aliphatic rings. The second kappa shape index (κ2) is 6.04. The number of hydrogen-bond donors (Lipinski definition) is 1. The lowest BCUT2D eigenvalue weighted by Crippen LogP contribution is -2.17. The van der Waals surface area contributed by atoms with Gasteiger partial charge in [-0.25, -0.2) is 0 Å². The quantitative estimate of drug-likeness (QED) is 0.858. The van der Waals surface area contributed by atoms with E-state index in [0.29, 0.717) is 31.2 Å². The highest BCUT2D eigenvalue weighted by Crippen LogP contribution is 2.28. The zero-order valence-electron chi connectivity index (χ0n) is 10.9. The van der Waals surface area contributed by atoms with Gasteiger partial charge in [0, 0.05) is 19.5 Å². The zero-order chi connectivity index (χ0) is 14.6. The number of halogens is 3. The van der Waals surface area contributed by atoms with E-state index in [1.54, 1.807) is 6.92 Å². The Bertz CT molecular complexity index is 549. The van der Waals surface area contributed by atoms with E-state index in [1.807, 2.05) is 0 Å². The number of aryl methyl sites for hydroxylation is 1. The molecule has 2 rings (SSSR count). The van der Waals surface area contributed by atoms with Crippen LogP contribution < -0.4 is 5.32 Å². The van der Waals surface area contributed by atoms with E-state index in [2.05, 4.69) is 15.5 Å². The molecular weight excluding hydrogens is 271 g/mol. The average Bonchev–Trinajstić information content (AvgIpc) is 2.80. The van der Waals surface area contributed by atoms with Crippen LogP contribution in [0.3, 0.4) is 0 Å². The lowest BCUT2D eigenvalue weighted by atomic mass is 10.1. The van der Waals surface area contributed by atoms with Crippen LogP contribution in [0.1, 0.15) is 22.8 Å². The van der Waals surface area contributed by atoms with Crippen LogP contribution in [-0.4, -0.2) is 16.7 Å². The number of benzene rings is 1. The predicted molar refractivity (Wildman–Crippen MR) is 65.9 cm³/mol. The molecule has 0 aliphatic carbocycles. The third-order valence-electron chi connectivity index (χ3n) is 2.70. The maximum Gasteiger partial charge on any atom is 0.416 e. The van der Waals surface area contributed by atoms with Crippen molar-refractivity contribution in [3.63, 3.8) is 0 Å². The van der Waals surface area contributed by atoms with E-state index in [0.717, 1.165) is 17.7 Å². The largest absolute Gasteiger partial charge is 0.416 e. The standard InChI is InChI=1S/C13H14F3N3O/c1-9-18-12(20-19-9)6-7-17-8-10-2-4-11(5-3-10)13(14,15)16/h2-5,17H,6-8H2,1H3. The molecule has 2 aromatic rings. The third-order valence-corrected chi connectivity index (χ3v) is 2.70. The number of rotatable bonds is 5. The second-order valence-corrected chi connectivity index (χ2v) is 4.36. The van der Waals surface area contributed by atoms with E-state index in [-0.39, 0.29) is 0 Å². The Labute approximate surface area is 114 Å². The van der Waals surface area contributed by atoms with Gasteiger partial charge in [-0.2, -0.15) is 18.2 Å². The molecule has 7 heteroatoms. The molecule has 0 spiro atoms. The molecule has 20 heavy (non-hydrogen) atoms. The van der Waals surface area contributed by atoms with E-state index < -0.39 is 11.7 Å². The highest BCUT2D eigenvalue weighted by molar-refractivity contribution is 5.24. The van der Waals surface area contributed by atoms with Gasteiger partial charge in [-0.15, -0.1) is 0 Å². The summed E-state index contributed by atoms with van der Waals surface area (Å²) in [4.78, 5) is 4.05. The van der Waals surface area contributed by atoms with Crippen molar-refractivity contribution in [2.75, 3.05) is 6.54 Å². The van der Waals surface area contributed by atoms with E-state index in [1.165, 1.54) is 12.1 Å². The summed E-state index contributed by atoms with van der Waals surface area (Å²) in [6, 6.07) is 5.09. The van der Waals surface area contributed by atoms with E-state index in [4.69, 9.17) is 4.52 Å². The summed E-state index contributed by atoms with van der Waals surface area (Å²) in [5, 5.41) is 6.77. The Morgan fingerprint density at radius 2 is 1.90 bits per heavy atom. The van der Waals surface area contributed by atoms with Gasteiger partial charge in [-0.1, -0.05) is 17.3 Å². The monoisotopic (exact) mass is 285 g/mol. The van der Waals surface area contributed by atoms with Crippen LogP contribution >= 0.6 is 0 Å². The molecule has 0 atom stereocenters. The average molecular weight is 285 g/mol. The summed E-state index contributed by atoms with van der Waals surface area (Å²) in [5.74, 6) is 1.13. The van der Waals surface area contributed by atoms with Crippen molar-refractivity contribution in [3.05, 3.63) is 47.1 Å². The van der Waals surface area contributed by atoms with Crippen molar-refractivity contribution in [2.24, 2.45) is 0 Å². The molecule has 1 aromatic heterocycles. The Kier molecular flexibility index (Phi) is 4.39. The Morgan fingerprint density at radius 3 is 2.45 bits per heavy atom. The van der Waals surface area contributed by atoms with Crippen molar-refractivity contribution < 1.29 is 17.7 Å². The Morgan fingerprint density at radius 1 is 1.20 bits per heavy atom. The minimum Gasteiger partial charge on any atom is -0.339 e. The summed E-state index contributed by atoms with van der Waals surface area (Å²) in [7, 11) is 0. The first kappa shape index (κ1) is 14.5. The van der Waals surface area contributed by atoms with Crippen molar-refractivity contribution in [2.45, 2.75) is 26.1 Å². The molecule has 1 aromatic carbocycles. The topological polar surface area (TPSA) is 51.0 Å². The number of hydrogen-bond acceptors (Lipinski definition) is 4. The molecule has 0 saturated heterocycles. The molecule has 1 N–H and O–H groups in total. The van der Waals surface area contributed by atoms with Crippen molar-refractivity contribution in [1.82, 2.24) is 15.5 Å². The lowest BCUT2D eigenvalue weighted by Gasteiger charge is -2.08. The van der Waals surface area contributed by atoms with Crippen molar-refractivity contribution in [3.8, 4) is 0 Å². The summed E-state index contributed by atoms with van der Waals surface area (Å²) in [6.45, 7) is 2.84. The number of alkyl halides is 3. The number of nitrogens with zero attached hydrogens (tertiary/aromatic N) is 2.